The second-order valence-corrected chi connectivity index (χ2v) is 13.6. The second-order valence-electron chi connectivity index (χ2n) is 13.2. The van der Waals surface area contributed by atoms with Crippen molar-refractivity contribution in [3.63, 3.8) is 0 Å². The monoisotopic (exact) mass is 512 g/mol. The van der Waals surface area contributed by atoms with Crippen LogP contribution in [0.1, 0.15) is 152 Å². The lowest BCUT2D eigenvalue weighted by atomic mass is 9.67. The Morgan fingerprint density at radius 1 is 0.583 bits per heavy atom. The first-order valence-electron chi connectivity index (χ1n) is 16.4. The van der Waals surface area contributed by atoms with Crippen LogP contribution in [0, 0.1) is 29.6 Å². The number of hydrogen-bond donors (Lipinski definition) is 0. The van der Waals surface area contributed by atoms with Crippen LogP contribution in [0.3, 0.4) is 0 Å². The third kappa shape index (κ3) is 9.06. The van der Waals surface area contributed by atoms with E-state index in [-0.39, 0.29) is 0 Å². The molecular formula is C35H57Cl. The molecule has 4 rings (SSSR count). The number of alkyl halides is 1. The Morgan fingerprint density at radius 2 is 1.11 bits per heavy atom. The molecule has 0 saturated heterocycles. The van der Waals surface area contributed by atoms with Gasteiger partial charge in [-0.05, 0) is 117 Å². The Balaban J connectivity index is 1.07. The predicted octanol–water partition coefficient (Wildman–Crippen LogP) is 11.5. The normalized spacial score (nSPS) is 31.4. The maximum atomic E-state index is 5.83. The molecule has 3 aliphatic rings. The Labute approximate surface area is 229 Å². The summed E-state index contributed by atoms with van der Waals surface area (Å²) in [5.41, 5.74) is 3.09. The molecule has 204 valence electrons. The van der Waals surface area contributed by atoms with Gasteiger partial charge in [0, 0.05) is 5.88 Å². The highest BCUT2D eigenvalue weighted by atomic mass is 35.5. The minimum Gasteiger partial charge on any atom is -0.127 e. The molecule has 1 aromatic rings. The van der Waals surface area contributed by atoms with Gasteiger partial charge in [0.1, 0.15) is 0 Å². The topological polar surface area (TPSA) is 0 Å². The molecule has 0 aliphatic heterocycles. The van der Waals surface area contributed by atoms with E-state index in [2.05, 4.69) is 31.2 Å². The van der Waals surface area contributed by atoms with Crippen LogP contribution in [-0.2, 0) is 6.42 Å². The summed E-state index contributed by atoms with van der Waals surface area (Å²) >= 11 is 5.83. The highest BCUT2D eigenvalue weighted by Crippen LogP contribution is 2.44. The van der Waals surface area contributed by atoms with Gasteiger partial charge in [0.05, 0.1) is 0 Å². The first kappa shape index (κ1) is 28.5. The molecule has 0 nitrogen and oxygen atoms in total. The third-order valence-electron chi connectivity index (χ3n) is 10.8. The summed E-state index contributed by atoms with van der Waals surface area (Å²) in [5, 5.41) is 0. The van der Waals surface area contributed by atoms with Crippen LogP contribution in [0.2, 0.25) is 0 Å². The second kappa shape index (κ2) is 15.8. The van der Waals surface area contributed by atoms with Crippen LogP contribution in [0.5, 0.6) is 0 Å². The zero-order valence-corrected chi connectivity index (χ0v) is 24.5. The Kier molecular flexibility index (Phi) is 12.5. The van der Waals surface area contributed by atoms with E-state index in [1.165, 1.54) is 82.6 Å². The minimum absolute atomic E-state index is 0.794. The smallest absolute Gasteiger partial charge is 0.0223 e. The van der Waals surface area contributed by atoms with Crippen molar-refractivity contribution in [2.24, 2.45) is 29.6 Å². The molecule has 3 aliphatic carbocycles. The van der Waals surface area contributed by atoms with E-state index in [9.17, 15) is 0 Å². The summed E-state index contributed by atoms with van der Waals surface area (Å²) in [6.07, 6.45) is 30.7. The fraction of sp³-hybridized carbons (Fsp3) is 0.829. The highest BCUT2D eigenvalue weighted by Gasteiger charge is 2.31. The molecule has 0 radical (unpaired) electrons. The van der Waals surface area contributed by atoms with Crippen molar-refractivity contribution in [1.82, 2.24) is 0 Å². The van der Waals surface area contributed by atoms with Crippen LogP contribution in [0.4, 0.5) is 0 Å². The summed E-state index contributed by atoms with van der Waals surface area (Å²) in [4.78, 5) is 0. The van der Waals surface area contributed by atoms with E-state index in [0.717, 1.165) is 47.8 Å². The molecule has 3 fully saturated rings. The van der Waals surface area contributed by atoms with E-state index < -0.39 is 0 Å². The van der Waals surface area contributed by atoms with Gasteiger partial charge < -0.3 is 0 Å². The zero-order chi connectivity index (χ0) is 25.0. The van der Waals surface area contributed by atoms with Crippen molar-refractivity contribution in [3.05, 3.63) is 35.4 Å². The molecule has 0 unspecified atom stereocenters. The molecule has 0 heterocycles. The highest BCUT2D eigenvalue weighted by molar-refractivity contribution is 6.17. The van der Waals surface area contributed by atoms with Crippen LogP contribution in [-0.4, -0.2) is 5.88 Å². The number of benzene rings is 1. The zero-order valence-electron chi connectivity index (χ0n) is 23.7. The fourth-order valence-corrected chi connectivity index (χ4v) is 8.40. The summed E-state index contributed by atoms with van der Waals surface area (Å²) < 4.78 is 0. The van der Waals surface area contributed by atoms with Crippen molar-refractivity contribution in [1.29, 1.82) is 0 Å². The van der Waals surface area contributed by atoms with Crippen molar-refractivity contribution in [2.75, 3.05) is 5.88 Å². The molecular weight excluding hydrogens is 456 g/mol. The molecule has 1 aromatic carbocycles. The van der Waals surface area contributed by atoms with Gasteiger partial charge in [0.2, 0.25) is 0 Å². The van der Waals surface area contributed by atoms with E-state index in [1.807, 2.05) is 0 Å². The molecule has 0 aromatic heterocycles. The van der Waals surface area contributed by atoms with E-state index in [1.54, 1.807) is 56.9 Å². The van der Waals surface area contributed by atoms with E-state index >= 15 is 0 Å². The maximum absolute atomic E-state index is 5.83. The first-order chi connectivity index (χ1) is 17.7. The van der Waals surface area contributed by atoms with E-state index in [4.69, 9.17) is 11.6 Å². The Bertz CT molecular complexity index is 684. The van der Waals surface area contributed by atoms with Gasteiger partial charge in [-0.3, -0.25) is 0 Å². The number of unbranched alkanes of at least 4 members (excludes halogenated alkanes) is 3. The third-order valence-corrected chi connectivity index (χ3v) is 11.1. The van der Waals surface area contributed by atoms with Crippen LogP contribution < -0.4 is 0 Å². The van der Waals surface area contributed by atoms with Gasteiger partial charge >= 0.3 is 0 Å². The van der Waals surface area contributed by atoms with Crippen LogP contribution in [0.25, 0.3) is 0 Å². The average molecular weight is 513 g/mol. The lowest BCUT2D eigenvalue weighted by Crippen LogP contribution is -2.26. The van der Waals surface area contributed by atoms with Gasteiger partial charge in [0.25, 0.3) is 0 Å². The van der Waals surface area contributed by atoms with Crippen molar-refractivity contribution in [2.45, 2.75) is 148 Å². The molecule has 0 atom stereocenters. The molecule has 36 heavy (non-hydrogen) atoms. The summed E-state index contributed by atoms with van der Waals surface area (Å²) in [6.45, 7) is 2.34. The van der Waals surface area contributed by atoms with Gasteiger partial charge in [-0.2, -0.15) is 0 Å². The maximum Gasteiger partial charge on any atom is 0.0223 e. The van der Waals surface area contributed by atoms with Crippen LogP contribution >= 0.6 is 11.6 Å². The summed E-state index contributed by atoms with van der Waals surface area (Å²) in [5.74, 6) is 6.92. The van der Waals surface area contributed by atoms with Crippen LogP contribution in [0.15, 0.2) is 24.3 Å². The Hall–Kier alpha value is -0.490. The summed E-state index contributed by atoms with van der Waals surface area (Å²) in [7, 11) is 0. The number of aryl methyl sites for hydroxylation is 1. The SMILES string of the molecule is CCCCC[C@H]1CC[C@H]([C@H]2CC[C@H](CCC3CCC(c4ccc(CCCCCl)cc4)CC3)CC2)CC1. The first-order valence-corrected chi connectivity index (χ1v) is 16.9. The van der Waals surface area contributed by atoms with Gasteiger partial charge in [-0.25, -0.2) is 0 Å². The van der Waals surface area contributed by atoms with Gasteiger partial charge in [0.15, 0.2) is 0 Å². The number of halogens is 1. The quantitative estimate of drug-likeness (QED) is 0.182. The lowest BCUT2D eigenvalue weighted by molar-refractivity contribution is 0.136. The van der Waals surface area contributed by atoms with Gasteiger partial charge in [-0.15, -0.1) is 11.6 Å². The lowest BCUT2D eigenvalue weighted by Gasteiger charge is -2.38. The molecule has 1 heteroatoms. The minimum atomic E-state index is 0.794. The molecule has 3 saturated carbocycles. The van der Waals surface area contributed by atoms with E-state index in [0.29, 0.717) is 0 Å². The van der Waals surface area contributed by atoms with Gasteiger partial charge in [-0.1, -0.05) is 95.4 Å². The number of rotatable bonds is 13. The fourth-order valence-electron chi connectivity index (χ4n) is 8.22. The standard InChI is InChI=1S/C35H57Cl/c1-2-3-4-7-28-11-19-32(20-12-28)34-23-15-30(16-24-34)9-10-31-17-25-35(26-18-31)33-21-13-29(14-22-33)8-5-6-27-36/h13-14,21-22,28,30-32,34-35H,2-12,15-20,23-27H2,1H3/t28-,30-,31?,32-,34-,35?. The van der Waals surface area contributed by atoms with Crippen molar-refractivity contribution in [3.8, 4) is 0 Å². The van der Waals surface area contributed by atoms with Crippen molar-refractivity contribution < 1.29 is 0 Å². The summed E-state index contributed by atoms with van der Waals surface area (Å²) in [6, 6.07) is 9.62. The molecule has 0 spiro atoms. The molecule has 0 amide bonds. The average Bonchev–Trinajstić information content (AvgIpc) is 2.94. The predicted molar refractivity (Wildman–Crippen MR) is 159 cm³/mol. The Morgan fingerprint density at radius 3 is 1.64 bits per heavy atom. The largest absolute Gasteiger partial charge is 0.127 e. The molecule has 0 N–H and O–H groups in total. The number of hydrogen-bond acceptors (Lipinski definition) is 0. The van der Waals surface area contributed by atoms with Crippen molar-refractivity contribution >= 4 is 11.6 Å². The molecule has 0 bridgehead atoms.